The van der Waals surface area contributed by atoms with Crippen LogP contribution in [0.25, 0.3) is 0 Å². The van der Waals surface area contributed by atoms with Gasteiger partial charge in [-0.1, -0.05) is 67.4 Å². The Labute approximate surface area is 204 Å². The standard InChI is InChI=1S/C23H23Cl2F3N2O4/c1-13(2)20(21(32)23(26,27)28)30-22(33)18(10-14-6-4-3-5-7-14)29-19(31)12-34-15-8-9-16(24)17(25)11-15/h3-9,11,13,18,20H,10,12H2,1-2H3,(H,29,31)(H,30,33). The molecule has 0 fully saturated rings. The van der Waals surface area contributed by atoms with Gasteiger partial charge in [-0.15, -0.1) is 0 Å². The average molecular weight is 519 g/mol. The van der Waals surface area contributed by atoms with Crippen molar-refractivity contribution in [3.05, 3.63) is 64.1 Å². The van der Waals surface area contributed by atoms with Gasteiger partial charge in [0.25, 0.3) is 11.7 Å². The van der Waals surface area contributed by atoms with Gasteiger partial charge in [0.1, 0.15) is 11.8 Å². The van der Waals surface area contributed by atoms with Gasteiger partial charge in [0.2, 0.25) is 5.91 Å². The Morgan fingerprint density at radius 3 is 2.18 bits per heavy atom. The van der Waals surface area contributed by atoms with Crippen molar-refractivity contribution in [2.24, 2.45) is 5.92 Å². The summed E-state index contributed by atoms with van der Waals surface area (Å²) in [5, 5.41) is 5.11. The number of ketones is 1. The molecule has 11 heteroatoms. The van der Waals surface area contributed by atoms with E-state index in [0.29, 0.717) is 10.6 Å². The highest BCUT2D eigenvalue weighted by Gasteiger charge is 2.45. The van der Waals surface area contributed by atoms with E-state index >= 15 is 0 Å². The van der Waals surface area contributed by atoms with Crippen LogP contribution in [0.4, 0.5) is 13.2 Å². The Bertz CT molecular complexity index is 1020. The molecule has 0 heterocycles. The second-order valence-corrected chi connectivity index (χ2v) is 8.58. The van der Waals surface area contributed by atoms with Crippen LogP contribution < -0.4 is 15.4 Å². The first kappa shape index (κ1) is 27.5. The molecule has 0 aliphatic rings. The summed E-state index contributed by atoms with van der Waals surface area (Å²) in [4.78, 5) is 37.1. The monoisotopic (exact) mass is 518 g/mol. The molecule has 2 aromatic rings. The molecule has 0 aliphatic heterocycles. The topological polar surface area (TPSA) is 84.5 Å². The van der Waals surface area contributed by atoms with Crippen molar-refractivity contribution in [2.45, 2.75) is 38.5 Å². The summed E-state index contributed by atoms with van der Waals surface area (Å²) in [5.74, 6) is -4.27. The molecule has 2 unspecified atom stereocenters. The normalized spacial score (nSPS) is 13.2. The van der Waals surface area contributed by atoms with Crippen molar-refractivity contribution in [1.29, 1.82) is 0 Å². The molecular formula is C23H23Cl2F3N2O4. The Balaban J connectivity index is 2.14. The minimum absolute atomic E-state index is 0.0176. The quantitative estimate of drug-likeness (QED) is 0.489. The van der Waals surface area contributed by atoms with Gasteiger partial charge in [-0.05, 0) is 23.6 Å². The number of nitrogens with one attached hydrogen (secondary N) is 2. The first-order valence-electron chi connectivity index (χ1n) is 10.2. The number of Topliss-reactive ketones (excluding diaryl/α,β-unsaturated/α-hetero) is 1. The van der Waals surface area contributed by atoms with Gasteiger partial charge in [0, 0.05) is 12.5 Å². The van der Waals surface area contributed by atoms with Crippen molar-refractivity contribution in [3.63, 3.8) is 0 Å². The van der Waals surface area contributed by atoms with Crippen molar-refractivity contribution >= 4 is 40.8 Å². The van der Waals surface area contributed by atoms with Crippen LogP contribution in [0.3, 0.4) is 0 Å². The van der Waals surface area contributed by atoms with Crippen LogP contribution in [0.5, 0.6) is 5.75 Å². The molecule has 34 heavy (non-hydrogen) atoms. The van der Waals surface area contributed by atoms with E-state index in [1.54, 1.807) is 30.3 Å². The number of hydrogen-bond donors (Lipinski definition) is 2. The smallest absolute Gasteiger partial charge is 0.452 e. The van der Waals surface area contributed by atoms with E-state index in [9.17, 15) is 27.6 Å². The molecule has 0 radical (unpaired) electrons. The van der Waals surface area contributed by atoms with Crippen LogP contribution in [-0.4, -0.2) is 42.5 Å². The van der Waals surface area contributed by atoms with E-state index in [2.05, 4.69) is 10.6 Å². The summed E-state index contributed by atoms with van der Waals surface area (Å²) in [6.07, 6.45) is -5.13. The predicted octanol–water partition coefficient (Wildman–Crippen LogP) is 4.37. The van der Waals surface area contributed by atoms with Crippen molar-refractivity contribution in [2.75, 3.05) is 6.61 Å². The van der Waals surface area contributed by atoms with Crippen molar-refractivity contribution in [3.8, 4) is 5.75 Å². The minimum Gasteiger partial charge on any atom is -0.484 e. The van der Waals surface area contributed by atoms with Crippen LogP contribution in [0.15, 0.2) is 48.5 Å². The Morgan fingerprint density at radius 1 is 0.971 bits per heavy atom. The Hall–Kier alpha value is -2.78. The number of hydrogen-bond acceptors (Lipinski definition) is 4. The van der Waals surface area contributed by atoms with E-state index < -0.39 is 48.4 Å². The molecule has 2 rings (SSSR count). The van der Waals surface area contributed by atoms with Crippen LogP contribution in [-0.2, 0) is 20.8 Å². The zero-order valence-corrected chi connectivity index (χ0v) is 19.8. The zero-order valence-electron chi connectivity index (χ0n) is 18.3. The lowest BCUT2D eigenvalue weighted by molar-refractivity contribution is -0.175. The second-order valence-electron chi connectivity index (χ2n) is 7.77. The summed E-state index contributed by atoms with van der Waals surface area (Å²) in [6.45, 7) is 2.26. The van der Waals surface area contributed by atoms with E-state index in [-0.39, 0.29) is 17.2 Å². The molecule has 2 atom stereocenters. The molecule has 184 valence electrons. The average Bonchev–Trinajstić information content (AvgIpc) is 2.77. The number of alkyl halides is 3. The third kappa shape index (κ3) is 8.22. The lowest BCUT2D eigenvalue weighted by Crippen LogP contribution is -2.56. The predicted molar refractivity (Wildman–Crippen MR) is 122 cm³/mol. The number of amides is 2. The minimum atomic E-state index is -5.12. The summed E-state index contributed by atoms with van der Waals surface area (Å²) >= 11 is 11.7. The third-order valence-corrected chi connectivity index (χ3v) is 5.46. The molecule has 2 N–H and O–H groups in total. The van der Waals surface area contributed by atoms with E-state index in [1.165, 1.54) is 32.0 Å². The molecule has 0 aliphatic carbocycles. The van der Waals surface area contributed by atoms with E-state index in [1.807, 2.05) is 0 Å². The zero-order chi connectivity index (χ0) is 25.5. The van der Waals surface area contributed by atoms with E-state index in [0.717, 1.165) is 0 Å². The summed E-state index contributed by atoms with van der Waals surface area (Å²) in [7, 11) is 0. The van der Waals surface area contributed by atoms with Gasteiger partial charge in [0.15, 0.2) is 6.61 Å². The third-order valence-electron chi connectivity index (χ3n) is 4.72. The molecule has 0 spiro atoms. The highest BCUT2D eigenvalue weighted by molar-refractivity contribution is 6.42. The number of rotatable bonds is 10. The maximum Gasteiger partial charge on any atom is 0.452 e. The fourth-order valence-corrected chi connectivity index (χ4v) is 3.26. The molecular weight excluding hydrogens is 496 g/mol. The highest BCUT2D eigenvalue weighted by Crippen LogP contribution is 2.26. The van der Waals surface area contributed by atoms with Crippen LogP contribution in [0.1, 0.15) is 19.4 Å². The van der Waals surface area contributed by atoms with Gasteiger partial charge in [-0.3, -0.25) is 14.4 Å². The first-order chi connectivity index (χ1) is 15.9. The highest BCUT2D eigenvalue weighted by atomic mass is 35.5. The number of benzene rings is 2. The van der Waals surface area contributed by atoms with Crippen LogP contribution >= 0.6 is 23.2 Å². The Morgan fingerprint density at radius 2 is 1.62 bits per heavy atom. The molecule has 0 saturated carbocycles. The van der Waals surface area contributed by atoms with Crippen molar-refractivity contribution < 1.29 is 32.3 Å². The molecule has 6 nitrogen and oxygen atoms in total. The second kappa shape index (κ2) is 12.1. The summed E-state index contributed by atoms with van der Waals surface area (Å²) in [5.41, 5.74) is 0.650. The van der Waals surface area contributed by atoms with Gasteiger partial charge >= 0.3 is 6.18 Å². The number of halogens is 5. The number of carbonyl (C=O) groups excluding carboxylic acids is 3. The van der Waals surface area contributed by atoms with Crippen LogP contribution in [0.2, 0.25) is 10.0 Å². The molecule has 2 aromatic carbocycles. The maximum atomic E-state index is 13.0. The first-order valence-corrected chi connectivity index (χ1v) is 11.0. The molecule has 0 aromatic heterocycles. The van der Waals surface area contributed by atoms with Gasteiger partial charge in [0.05, 0.1) is 16.1 Å². The van der Waals surface area contributed by atoms with Crippen molar-refractivity contribution in [1.82, 2.24) is 10.6 Å². The number of carbonyl (C=O) groups is 3. The summed E-state index contributed by atoms with van der Waals surface area (Å²) in [6, 6.07) is 9.88. The van der Waals surface area contributed by atoms with Gasteiger partial charge in [-0.25, -0.2) is 0 Å². The van der Waals surface area contributed by atoms with Gasteiger partial charge in [-0.2, -0.15) is 13.2 Å². The largest absolute Gasteiger partial charge is 0.484 e. The summed E-state index contributed by atoms with van der Waals surface area (Å²) < 4.78 is 44.3. The lowest BCUT2D eigenvalue weighted by Gasteiger charge is -2.25. The number of ether oxygens (including phenoxy) is 1. The molecule has 0 saturated heterocycles. The Kier molecular flexibility index (Phi) is 9.76. The molecule has 2 amide bonds. The van der Waals surface area contributed by atoms with Gasteiger partial charge < -0.3 is 15.4 Å². The fourth-order valence-electron chi connectivity index (χ4n) is 2.98. The lowest BCUT2D eigenvalue weighted by atomic mass is 9.98. The van der Waals surface area contributed by atoms with Crippen LogP contribution in [0, 0.1) is 5.92 Å². The fraction of sp³-hybridized carbons (Fsp3) is 0.348. The maximum absolute atomic E-state index is 13.0. The molecule has 0 bridgehead atoms. The van der Waals surface area contributed by atoms with E-state index in [4.69, 9.17) is 27.9 Å². The SMILES string of the molecule is CC(C)C(NC(=O)C(Cc1ccccc1)NC(=O)COc1ccc(Cl)c(Cl)c1)C(=O)C(F)(F)F.